The van der Waals surface area contributed by atoms with Crippen molar-refractivity contribution in [1.82, 2.24) is 9.78 Å². The number of aromatic nitrogens is 2. The summed E-state index contributed by atoms with van der Waals surface area (Å²) in [5, 5.41) is 4.75. The van der Waals surface area contributed by atoms with Crippen molar-refractivity contribution in [3.63, 3.8) is 0 Å². The predicted octanol–water partition coefficient (Wildman–Crippen LogP) is 1.52. The summed E-state index contributed by atoms with van der Waals surface area (Å²) in [4.78, 5) is 0. The van der Waals surface area contributed by atoms with Crippen molar-refractivity contribution in [2.24, 2.45) is 11.1 Å². The molecule has 0 bridgehead atoms. The molecule has 0 aliphatic heterocycles. The molecule has 1 aromatic rings. The van der Waals surface area contributed by atoms with E-state index in [-0.39, 0.29) is 5.41 Å². The predicted molar refractivity (Wildman–Crippen MR) is 50.1 cm³/mol. The van der Waals surface area contributed by atoms with Gasteiger partial charge in [0.25, 0.3) is 0 Å². The summed E-state index contributed by atoms with van der Waals surface area (Å²) in [6, 6.07) is 0. The zero-order chi connectivity index (χ0) is 9.19. The van der Waals surface area contributed by atoms with Crippen LogP contribution in [-0.2, 0) is 6.54 Å². The minimum Gasteiger partial charge on any atom is -0.330 e. The first kappa shape index (κ1) is 9.55. The fraction of sp³-hybridized carbons (Fsp3) is 0.625. The van der Waals surface area contributed by atoms with Gasteiger partial charge in [-0.2, -0.15) is 5.10 Å². The van der Waals surface area contributed by atoms with E-state index < -0.39 is 0 Å². The number of nitrogens with zero attached hydrogens (tertiary/aromatic N) is 2. The molecule has 12 heavy (non-hydrogen) atoms. The maximum atomic E-state index is 5.72. The highest BCUT2D eigenvalue weighted by atomic mass is 35.5. The minimum absolute atomic E-state index is 0.0787. The monoisotopic (exact) mass is 187 g/mol. The molecule has 1 aromatic heterocycles. The summed E-state index contributed by atoms with van der Waals surface area (Å²) < 4.78 is 1.81. The highest BCUT2D eigenvalue weighted by Crippen LogP contribution is 2.16. The van der Waals surface area contributed by atoms with E-state index in [2.05, 4.69) is 18.9 Å². The molecule has 0 aromatic carbocycles. The molecule has 0 atom stereocenters. The molecule has 0 aliphatic rings. The van der Waals surface area contributed by atoms with Gasteiger partial charge in [-0.3, -0.25) is 4.68 Å². The first-order chi connectivity index (χ1) is 5.53. The van der Waals surface area contributed by atoms with E-state index in [1.807, 2.05) is 4.68 Å². The lowest BCUT2D eigenvalue weighted by Crippen LogP contribution is -2.28. The highest BCUT2D eigenvalue weighted by Gasteiger charge is 2.16. The van der Waals surface area contributed by atoms with Gasteiger partial charge < -0.3 is 5.73 Å². The molecule has 0 saturated heterocycles. The third kappa shape index (κ3) is 2.50. The lowest BCUT2D eigenvalue weighted by atomic mass is 9.94. The number of halogens is 1. The van der Waals surface area contributed by atoms with Gasteiger partial charge in [0.15, 0.2) is 0 Å². The third-order valence-electron chi connectivity index (χ3n) is 1.74. The lowest BCUT2D eigenvalue weighted by Gasteiger charge is -2.21. The molecule has 0 spiro atoms. The smallest absolute Gasteiger partial charge is 0.0785 e. The normalized spacial score (nSPS) is 12.0. The molecule has 4 heteroatoms. The van der Waals surface area contributed by atoms with E-state index >= 15 is 0 Å². The van der Waals surface area contributed by atoms with Crippen LogP contribution in [0.2, 0.25) is 5.02 Å². The Morgan fingerprint density at radius 3 is 2.75 bits per heavy atom. The second-order valence-electron chi connectivity index (χ2n) is 3.72. The second-order valence-corrected chi connectivity index (χ2v) is 4.16. The molecule has 2 N–H and O–H groups in total. The molecule has 68 valence electrons. The van der Waals surface area contributed by atoms with Crippen LogP contribution in [0.3, 0.4) is 0 Å². The minimum atomic E-state index is 0.0787. The van der Waals surface area contributed by atoms with Crippen LogP contribution in [-0.4, -0.2) is 16.3 Å². The van der Waals surface area contributed by atoms with Crippen LogP contribution in [0.15, 0.2) is 12.4 Å². The zero-order valence-corrected chi connectivity index (χ0v) is 8.17. The third-order valence-corrected chi connectivity index (χ3v) is 1.94. The van der Waals surface area contributed by atoms with Gasteiger partial charge in [0.2, 0.25) is 0 Å². The summed E-state index contributed by atoms with van der Waals surface area (Å²) in [5.41, 5.74) is 5.67. The van der Waals surface area contributed by atoms with Gasteiger partial charge in [0, 0.05) is 12.7 Å². The molecule has 1 heterocycles. The van der Waals surface area contributed by atoms with Crippen molar-refractivity contribution < 1.29 is 0 Å². The number of hydrogen-bond donors (Lipinski definition) is 1. The van der Waals surface area contributed by atoms with Crippen LogP contribution in [0, 0.1) is 5.41 Å². The van der Waals surface area contributed by atoms with Gasteiger partial charge in [0.05, 0.1) is 11.2 Å². The van der Waals surface area contributed by atoms with Crippen LogP contribution in [0.25, 0.3) is 0 Å². The fourth-order valence-corrected chi connectivity index (χ4v) is 1.08. The number of hydrogen-bond acceptors (Lipinski definition) is 2. The van der Waals surface area contributed by atoms with E-state index in [0.29, 0.717) is 11.6 Å². The number of nitrogens with two attached hydrogens (primary N) is 1. The Hall–Kier alpha value is -0.540. The van der Waals surface area contributed by atoms with Crippen LogP contribution >= 0.6 is 11.6 Å². The second kappa shape index (κ2) is 3.46. The Morgan fingerprint density at radius 1 is 1.67 bits per heavy atom. The molecule has 0 saturated carbocycles. The lowest BCUT2D eigenvalue weighted by molar-refractivity contribution is 0.302. The summed E-state index contributed by atoms with van der Waals surface area (Å²) in [6.45, 7) is 5.64. The van der Waals surface area contributed by atoms with E-state index in [9.17, 15) is 0 Å². The van der Waals surface area contributed by atoms with Gasteiger partial charge in [-0.25, -0.2) is 0 Å². The Bertz CT molecular complexity index is 255. The first-order valence-electron chi connectivity index (χ1n) is 3.91. The van der Waals surface area contributed by atoms with E-state index in [1.165, 1.54) is 0 Å². The van der Waals surface area contributed by atoms with Crippen molar-refractivity contribution in [3.8, 4) is 0 Å². The molecule has 0 fully saturated rings. The summed E-state index contributed by atoms with van der Waals surface area (Å²) in [7, 11) is 0. The maximum Gasteiger partial charge on any atom is 0.0785 e. The van der Waals surface area contributed by atoms with Crippen LogP contribution in [0.1, 0.15) is 13.8 Å². The van der Waals surface area contributed by atoms with Gasteiger partial charge in [-0.15, -0.1) is 0 Å². The Morgan fingerprint density at radius 2 is 2.33 bits per heavy atom. The summed E-state index contributed by atoms with van der Waals surface area (Å²) in [5.74, 6) is 0. The Labute approximate surface area is 77.5 Å². The van der Waals surface area contributed by atoms with Gasteiger partial charge in [-0.05, 0) is 12.0 Å². The van der Waals surface area contributed by atoms with Gasteiger partial charge in [-0.1, -0.05) is 25.4 Å². The van der Waals surface area contributed by atoms with Crippen LogP contribution < -0.4 is 5.73 Å². The van der Waals surface area contributed by atoms with E-state index in [0.717, 1.165) is 6.54 Å². The van der Waals surface area contributed by atoms with Gasteiger partial charge in [0.1, 0.15) is 0 Å². The van der Waals surface area contributed by atoms with Crippen molar-refractivity contribution in [3.05, 3.63) is 17.4 Å². The van der Waals surface area contributed by atoms with Crippen molar-refractivity contribution in [2.75, 3.05) is 6.54 Å². The van der Waals surface area contributed by atoms with Crippen molar-refractivity contribution in [2.45, 2.75) is 20.4 Å². The molecule has 0 radical (unpaired) electrons. The Kier molecular flexibility index (Phi) is 2.75. The largest absolute Gasteiger partial charge is 0.330 e. The van der Waals surface area contributed by atoms with E-state index in [4.69, 9.17) is 17.3 Å². The van der Waals surface area contributed by atoms with Gasteiger partial charge >= 0.3 is 0 Å². The topological polar surface area (TPSA) is 43.8 Å². The van der Waals surface area contributed by atoms with Crippen molar-refractivity contribution in [1.29, 1.82) is 0 Å². The molecule has 1 rings (SSSR count). The molecule has 0 amide bonds. The van der Waals surface area contributed by atoms with Crippen molar-refractivity contribution >= 4 is 11.6 Å². The average molecular weight is 188 g/mol. The zero-order valence-electron chi connectivity index (χ0n) is 7.42. The quantitative estimate of drug-likeness (QED) is 0.780. The fourth-order valence-electron chi connectivity index (χ4n) is 0.928. The number of rotatable bonds is 3. The first-order valence-corrected chi connectivity index (χ1v) is 4.29. The molecular formula is C8H14ClN3. The van der Waals surface area contributed by atoms with Crippen LogP contribution in [0.4, 0.5) is 0 Å². The molecule has 3 nitrogen and oxygen atoms in total. The maximum absolute atomic E-state index is 5.72. The Balaban J connectivity index is 2.63. The SMILES string of the molecule is CC(C)(CN)Cn1cc(Cl)cn1. The highest BCUT2D eigenvalue weighted by molar-refractivity contribution is 6.30. The average Bonchev–Trinajstić information content (AvgIpc) is 2.35. The van der Waals surface area contributed by atoms with E-state index in [1.54, 1.807) is 12.4 Å². The standard InChI is InChI=1S/C8H14ClN3/c1-8(2,5-10)6-12-4-7(9)3-11-12/h3-4H,5-6,10H2,1-2H3. The molecule has 0 unspecified atom stereocenters. The summed E-state index contributed by atoms with van der Waals surface area (Å²) >= 11 is 5.72. The summed E-state index contributed by atoms with van der Waals surface area (Å²) in [6.07, 6.45) is 3.44. The molecule has 0 aliphatic carbocycles. The molecular weight excluding hydrogens is 174 g/mol. The van der Waals surface area contributed by atoms with Crippen LogP contribution in [0.5, 0.6) is 0 Å².